The Hall–Kier alpha value is -2.01. The number of pyridine rings is 2. The number of halogens is 1. The fourth-order valence-electron chi connectivity index (χ4n) is 2.32. The van der Waals surface area contributed by atoms with Gasteiger partial charge in [-0.1, -0.05) is 29.8 Å². The predicted octanol–water partition coefficient (Wildman–Crippen LogP) is 2.84. The lowest BCUT2D eigenvalue weighted by Gasteiger charge is -2.18. The molecule has 1 atom stereocenters. The molecule has 3 rings (SSSR count). The number of fused-ring (bicyclic) bond motifs is 1. The Morgan fingerprint density at radius 2 is 2.00 bits per heavy atom. The molecule has 3 N–H and O–H groups in total. The van der Waals surface area contributed by atoms with Gasteiger partial charge >= 0.3 is 0 Å². The molecule has 0 saturated heterocycles. The number of aromatic nitrogens is 2. The Morgan fingerprint density at radius 3 is 2.80 bits per heavy atom. The molecule has 1 aromatic carbocycles. The van der Waals surface area contributed by atoms with E-state index >= 15 is 0 Å². The van der Waals surface area contributed by atoms with Gasteiger partial charge in [0.25, 0.3) is 0 Å². The monoisotopic (exact) mass is 284 g/mol. The van der Waals surface area contributed by atoms with Gasteiger partial charge in [-0.3, -0.25) is 15.8 Å². The van der Waals surface area contributed by atoms with E-state index in [0.29, 0.717) is 10.7 Å². The fourth-order valence-corrected chi connectivity index (χ4v) is 2.55. The number of nitrogens with one attached hydrogen (secondary N) is 1. The van der Waals surface area contributed by atoms with Crippen molar-refractivity contribution < 1.29 is 0 Å². The molecule has 5 heteroatoms. The van der Waals surface area contributed by atoms with E-state index in [1.165, 1.54) is 0 Å². The van der Waals surface area contributed by atoms with E-state index < -0.39 is 0 Å². The maximum absolute atomic E-state index is 6.23. The highest BCUT2D eigenvalue weighted by Crippen LogP contribution is 2.30. The largest absolute Gasteiger partial charge is 0.271 e. The molecule has 0 bridgehead atoms. The Balaban J connectivity index is 2.20. The molecule has 0 aliphatic carbocycles. The van der Waals surface area contributed by atoms with Crippen molar-refractivity contribution in [1.82, 2.24) is 15.4 Å². The molecular weight excluding hydrogens is 272 g/mol. The summed E-state index contributed by atoms with van der Waals surface area (Å²) in [4.78, 5) is 8.52. The van der Waals surface area contributed by atoms with Gasteiger partial charge in [-0.2, -0.15) is 0 Å². The molecule has 4 nitrogen and oxygen atoms in total. The number of rotatable bonds is 3. The van der Waals surface area contributed by atoms with Crippen LogP contribution in [0.15, 0.2) is 55.0 Å². The van der Waals surface area contributed by atoms with Crippen molar-refractivity contribution in [2.45, 2.75) is 6.04 Å². The minimum atomic E-state index is -0.281. The van der Waals surface area contributed by atoms with Crippen LogP contribution in [0.25, 0.3) is 10.8 Å². The predicted molar refractivity (Wildman–Crippen MR) is 80.2 cm³/mol. The Morgan fingerprint density at radius 1 is 1.10 bits per heavy atom. The van der Waals surface area contributed by atoms with Crippen molar-refractivity contribution in [3.63, 3.8) is 0 Å². The summed E-state index contributed by atoms with van der Waals surface area (Å²) >= 11 is 6.23. The normalized spacial score (nSPS) is 12.5. The van der Waals surface area contributed by atoms with E-state index in [1.54, 1.807) is 24.5 Å². The van der Waals surface area contributed by atoms with Crippen molar-refractivity contribution >= 4 is 22.4 Å². The first-order valence-electron chi connectivity index (χ1n) is 6.20. The number of hydrogen-bond acceptors (Lipinski definition) is 4. The van der Waals surface area contributed by atoms with Crippen LogP contribution in [0.2, 0.25) is 5.02 Å². The molecule has 0 saturated carbocycles. The molecule has 20 heavy (non-hydrogen) atoms. The van der Waals surface area contributed by atoms with Crippen molar-refractivity contribution in [1.29, 1.82) is 0 Å². The minimum Gasteiger partial charge on any atom is -0.271 e. The highest BCUT2D eigenvalue weighted by molar-refractivity contribution is 6.31. The second-order valence-electron chi connectivity index (χ2n) is 4.41. The van der Waals surface area contributed by atoms with E-state index in [1.807, 2.05) is 30.5 Å². The van der Waals surface area contributed by atoms with Gasteiger partial charge in [0.15, 0.2) is 0 Å². The third kappa shape index (κ3) is 2.25. The summed E-state index contributed by atoms with van der Waals surface area (Å²) in [6, 6.07) is 11.3. The van der Waals surface area contributed by atoms with E-state index in [9.17, 15) is 0 Å². The SMILES string of the molecule is NNC(c1ncccc1Cl)c1cccc2ccncc12. The average Bonchev–Trinajstić information content (AvgIpc) is 2.50. The fraction of sp³-hybridized carbons (Fsp3) is 0.0667. The topological polar surface area (TPSA) is 63.8 Å². The third-order valence-electron chi connectivity index (χ3n) is 3.26. The summed E-state index contributed by atoms with van der Waals surface area (Å²) < 4.78 is 0. The van der Waals surface area contributed by atoms with E-state index in [4.69, 9.17) is 17.4 Å². The summed E-state index contributed by atoms with van der Waals surface area (Å²) in [5.41, 5.74) is 4.49. The number of nitrogens with zero attached hydrogens (tertiary/aromatic N) is 2. The Labute approximate surface area is 121 Å². The van der Waals surface area contributed by atoms with Crippen molar-refractivity contribution in [2.75, 3.05) is 0 Å². The molecule has 2 aromatic heterocycles. The van der Waals surface area contributed by atoms with Crippen LogP contribution >= 0.6 is 11.6 Å². The zero-order valence-electron chi connectivity index (χ0n) is 10.6. The molecule has 1 unspecified atom stereocenters. The van der Waals surface area contributed by atoms with Crippen molar-refractivity contribution in [2.24, 2.45) is 5.84 Å². The average molecular weight is 285 g/mol. The van der Waals surface area contributed by atoms with Gasteiger partial charge in [-0.15, -0.1) is 0 Å². The highest BCUT2D eigenvalue weighted by Gasteiger charge is 2.18. The quantitative estimate of drug-likeness (QED) is 0.573. The number of benzene rings is 1. The first kappa shape index (κ1) is 13.0. The maximum atomic E-state index is 6.23. The van der Waals surface area contributed by atoms with Crippen molar-refractivity contribution in [3.8, 4) is 0 Å². The molecule has 0 aliphatic heterocycles. The third-order valence-corrected chi connectivity index (χ3v) is 3.58. The van der Waals surface area contributed by atoms with E-state index in [2.05, 4.69) is 15.4 Å². The Bertz CT molecular complexity index is 739. The van der Waals surface area contributed by atoms with Gasteiger partial charge in [0.2, 0.25) is 0 Å². The van der Waals surface area contributed by atoms with Gasteiger partial charge in [0, 0.05) is 24.0 Å². The molecule has 0 fully saturated rings. The van der Waals surface area contributed by atoms with Gasteiger partial charge in [0.05, 0.1) is 16.8 Å². The van der Waals surface area contributed by atoms with Gasteiger partial charge in [-0.25, -0.2) is 5.43 Å². The lowest BCUT2D eigenvalue weighted by atomic mass is 9.98. The minimum absolute atomic E-state index is 0.281. The molecule has 100 valence electrons. The molecule has 0 radical (unpaired) electrons. The number of hydrogen-bond donors (Lipinski definition) is 2. The molecular formula is C15H13ClN4. The van der Waals surface area contributed by atoms with Crippen LogP contribution in [0.3, 0.4) is 0 Å². The standard InChI is InChI=1S/C15H13ClN4/c16-13-5-2-7-19-15(13)14(20-17)11-4-1-3-10-6-8-18-9-12(10)11/h1-9,14,20H,17H2. The van der Waals surface area contributed by atoms with E-state index in [0.717, 1.165) is 16.3 Å². The second kappa shape index (κ2) is 5.54. The first-order valence-corrected chi connectivity index (χ1v) is 6.58. The number of nitrogens with two attached hydrogens (primary N) is 1. The molecule has 2 heterocycles. The molecule has 0 spiro atoms. The first-order chi connectivity index (χ1) is 9.81. The van der Waals surface area contributed by atoms with Crippen LogP contribution < -0.4 is 11.3 Å². The lowest BCUT2D eigenvalue weighted by molar-refractivity contribution is 0.625. The van der Waals surface area contributed by atoms with Crippen LogP contribution in [-0.4, -0.2) is 9.97 Å². The summed E-state index contributed by atoms with van der Waals surface area (Å²) in [7, 11) is 0. The Kier molecular flexibility index (Phi) is 3.60. The number of hydrazine groups is 1. The zero-order valence-corrected chi connectivity index (χ0v) is 11.4. The lowest BCUT2D eigenvalue weighted by Crippen LogP contribution is -2.30. The smallest absolute Gasteiger partial charge is 0.0903 e. The van der Waals surface area contributed by atoms with Crippen LogP contribution in [0.1, 0.15) is 17.3 Å². The van der Waals surface area contributed by atoms with Gasteiger partial charge in [-0.05, 0) is 29.1 Å². The zero-order chi connectivity index (χ0) is 13.9. The highest BCUT2D eigenvalue weighted by atomic mass is 35.5. The summed E-state index contributed by atoms with van der Waals surface area (Å²) in [6.45, 7) is 0. The van der Waals surface area contributed by atoms with Crippen LogP contribution in [0.4, 0.5) is 0 Å². The van der Waals surface area contributed by atoms with Crippen LogP contribution in [0.5, 0.6) is 0 Å². The summed E-state index contributed by atoms with van der Waals surface area (Å²) in [5, 5.41) is 2.71. The second-order valence-corrected chi connectivity index (χ2v) is 4.82. The van der Waals surface area contributed by atoms with Gasteiger partial charge < -0.3 is 0 Å². The van der Waals surface area contributed by atoms with Crippen molar-refractivity contribution in [3.05, 3.63) is 71.3 Å². The summed E-state index contributed by atoms with van der Waals surface area (Å²) in [6.07, 6.45) is 5.30. The molecule has 0 aliphatic rings. The van der Waals surface area contributed by atoms with Crippen LogP contribution in [-0.2, 0) is 0 Å². The maximum Gasteiger partial charge on any atom is 0.0903 e. The van der Waals surface area contributed by atoms with Crippen LogP contribution in [0, 0.1) is 0 Å². The molecule has 3 aromatic rings. The summed E-state index contributed by atoms with van der Waals surface area (Å²) in [5.74, 6) is 5.73. The van der Waals surface area contributed by atoms with Gasteiger partial charge in [0.1, 0.15) is 0 Å². The van der Waals surface area contributed by atoms with E-state index in [-0.39, 0.29) is 6.04 Å². The molecule has 0 amide bonds.